The van der Waals surface area contributed by atoms with Gasteiger partial charge in [-0.15, -0.1) is 11.3 Å². The van der Waals surface area contributed by atoms with Crippen LogP contribution in [-0.4, -0.2) is 73.7 Å². The molecule has 1 N–H and O–H groups in total. The van der Waals surface area contributed by atoms with Crippen LogP contribution in [0.5, 0.6) is 0 Å². The van der Waals surface area contributed by atoms with Crippen LogP contribution in [0.2, 0.25) is 0 Å². The summed E-state index contributed by atoms with van der Waals surface area (Å²) in [6, 6.07) is 8.92. The van der Waals surface area contributed by atoms with E-state index in [0.29, 0.717) is 39.3 Å². The summed E-state index contributed by atoms with van der Waals surface area (Å²) in [4.78, 5) is 29.4. The molecular weight excluding hydrogens is 448 g/mol. The Balaban J connectivity index is 1.39. The molecule has 1 aromatic carbocycles. The van der Waals surface area contributed by atoms with Crippen LogP contribution in [0.4, 0.5) is 10.5 Å². The highest BCUT2D eigenvalue weighted by molar-refractivity contribution is 7.89. The number of aryl methyl sites for hydroxylation is 1. The van der Waals surface area contributed by atoms with E-state index in [0.717, 1.165) is 41.9 Å². The number of carbonyl (C=O) groups is 2. The van der Waals surface area contributed by atoms with Gasteiger partial charge in [0.05, 0.1) is 0 Å². The van der Waals surface area contributed by atoms with Crippen molar-refractivity contribution in [1.29, 1.82) is 0 Å². The van der Waals surface area contributed by atoms with Gasteiger partial charge in [0.25, 0.3) is 5.91 Å². The second-order valence-corrected chi connectivity index (χ2v) is 11.0. The first kappa shape index (κ1) is 22.8. The van der Waals surface area contributed by atoms with Crippen LogP contribution in [0, 0.1) is 6.92 Å². The molecular formula is C22H28N4O4S2. The number of urea groups is 1. The molecule has 2 saturated heterocycles. The van der Waals surface area contributed by atoms with Gasteiger partial charge in [-0.25, -0.2) is 13.2 Å². The van der Waals surface area contributed by atoms with Crippen LogP contribution >= 0.6 is 11.3 Å². The van der Waals surface area contributed by atoms with Crippen LogP contribution < -0.4 is 5.32 Å². The van der Waals surface area contributed by atoms with Crippen molar-refractivity contribution in [2.45, 2.75) is 31.1 Å². The first-order valence-corrected chi connectivity index (χ1v) is 13.2. The highest BCUT2D eigenvalue weighted by atomic mass is 32.2. The summed E-state index contributed by atoms with van der Waals surface area (Å²) in [6.45, 7) is 4.47. The average molecular weight is 477 g/mol. The number of nitrogens with zero attached hydrogens (tertiary/aromatic N) is 3. The second-order valence-electron chi connectivity index (χ2n) is 8.16. The third-order valence-electron chi connectivity index (χ3n) is 5.88. The zero-order valence-electron chi connectivity index (χ0n) is 18.1. The van der Waals surface area contributed by atoms with E-state index in [-0.39, 0.29) is 21.7 Å². The molecule has 0 unspecified atom stereocenters. The van der Waals surface area contributed by atoms with Crippen molar-refractivity contribution in [3.05, 3.63) is 46.2 Å². The Morgan fingerprint density at radius 3 is 2.31 bits per heavy atom. The third kappa shape index (κ3) is 4.82. The number of piperidine rings is 1. The fourth-order valence-electron chi connectivity index (χ4n) is 4.08. The molecule has 4 rings (SSSR count). The first-order valence-electron chi connectivity index (χ1n) is 10.9. The molecule has 0 saturated carbocycles. The molecule has 32 heavy (non-hydrogen) atoms. The van der Waals surface area contributed by atoms with Gasteiger partial charge in [-0.05, 0) is 48.9 Å². The zero-order valence-corrected chi connectivity index (χ0v) is 19.8. The normalized spacial score (nSPS) is 17.9. The summed E-state index contributed by atoms with van der Waals surface area (Å²) in [5, 5.41) is 4.55. The van der Waals surface area contributed by atoms with E-state index in [4.69, 9.17) is 0 Å². The van der Waals surface area contributed by atoms with E-state index >= 15 is 0 Å². The number of thiophene rings is 1. The maximum atomic E-state index is 13.2. The van der Waals surface area contributed by atoms with Crippen LogP contribution in [0.15, 0.2) is 40.6 Å². The molecule has 0 aliphatic carbocycles. The van der Waals surface area contributed by atoms with Crippen molar-refractivity contribution in [3.63, 3.8) is 0 Å². The van der Waals surface area contributed by atoms with Crippen molar-refractivity contribution in [1.82, 2.24) is 14.1 Å². The number of hydrogen-bond acceptors (Lipinski definition) is 5. The van der Waals surface area contributed by atoms with Gasteiger partial charge in [-0.3, -0.25) is 4.79 Å². The van der Waals surface area contributed by atoms with E-state index in [1.807, 2.05) is 31.2 Å². The maximum Gasteiger partial charge on any atom is 0.321 e. The number of amides is 3. The van der Waals surface area contributed by atoms with Crippen molar-refractivity contribution < 1.29 is 18.0 Å². The average Bonchev–Trinajstić information content (AvgIpc) is 3.30. The van der Waals surface area contributed by atoms with Gasteiger partial charge in [0.1, 0.15) is 9.77 Å². The number of rotatable bonds is 4. The Morgan fingerprint density at radius 1 is 0.938 bits per heavy atom. The Morgan fingerprint density at radius 2 is 1.62 bits per heavy atom. The lowest BCUT2D eigenvalue weighted by Gasteiger charge is -2.34. The van der Waals surface area contributed by atoms with Crippen molar-refractivity contribution >= 4 is 39.0 Å². The highest BCUT2D eigenvalue weighted by Gasteiger charge is 2.33. The Bertz CT molecular complexity index is 1080. The van der Waals surface area contributed by atoms with E-state index < -0.39 is 10.0 Å². The molecule has 3 heterocycles. The van der Waals surface area contributed by atoms with Crippen LogP contribution in [-0.2, 0) is 10.0 Å². The lowest BCUT2D eigenvalue weighted by atomic mass is 10.2. The number of carbonyl (C=O) groups excluding carboxylic acids is 2. The summed E-state index contributed by atoms with van der Waals surface area (Å²) in [6.07, 6.45) is 2.72. The quantitative estimate of drug-likeness (QED) is 0.734. The van der Waals surface area contributed by atoms with Gasteiger partial charge >= 0.3 is 6.03 Å². The molecule has 0 atom stereocenters. The SMILES string of the molecule is Cc1cccc(NC(=O)N2CCN(C(=O)c3sccc3S(=O)(=O)N3CCCCC3)CC2)c1. The topological polar surface area (TPSA) is 90.0 Å². The third-order valence-corrected chi connectivity index (χ3v) is 8.85. The summed E-state index contributed by atoms with van der Waals surface area (Å²) in [5.74, 6) is -0.283. The number of benzene rings is 1. The van der Waals surface area contributed by atoms with E-state index in [9.17, 15) is 18.0 Å². The molecule has 10 heteroatoms. The summed E-state index contributed by atoms with van der Waals surface area (Å²) < 4.78 is 27.7. The fraction of sp³-hybridized carbons (Fsp3) is 0.455. The molecule has 172 valence electrons. The van der Waals surface area contributed by atoms with Gasteiger partial charge < -0.3 is 15.1 Å². The summed E-state index contributed by atoms with van der Waals surface area (Å²) in [7, 11) is -3.67. The van der Waals surface area contributed by atoms with Gasteiger partial charge in [0.15, 0.2) is 0 Å². The molecule has 0 spiro atoms. The Hall–Kier alpha value is -2.43. The number of anilines is 1. The lowest BCUT2D eigenvalue weighted by molar-refractivity contribution is 0.0673. The van der Waals surface area contributed by atoms with Crippen molar-refractivity contribution in [3.8, 4) is 0 Å². The predicted octanol–water partition coefficient (Wildman–Crippen LogP) is 3.22. The van der Waals surface area contributed by atoms with Crippen LogP contribution in [0.3, 0.4) is 0 Å². The summed E-state index contributed by atoms with van der Waals surface area (Å²) in [5.41, 5.74) is 1.80. The molecule has 2 aliphatic heterocycles. The molecule has 1 aromatic heterocycles. The van der Waals surface area contributed by atoms with Gasteiger partial charge in [0, 0.05) is 45.0 Å². The second kappa shape index (κ2) is 9.60. The van der Waals surface area contributed by atoms with E-state index in [1.165, 1.54) is 10.4 Å². The smallest absolute Gasteiger partial charge is 0.321 e. The molecule has 8 nitrogen and oxygen atoms in total. The minimum Gasteiger partial charge on any atom is -0.334 e. The Kier molecular flexibility index (Phi) is 6.82. The minimum absolute atomic E-state index is 0.106. The molecule has 0 bridgehead atoms. The van der Waals surface area contributed by atoms with E-state index in [1.54, 1.807) is 15.2 Å². The van der Waals surface area contributed by atoms with Crippen LogP contribution in [0.1, 0.15) is 34.5 Å². The van der Waals surface area contributed by atoms with Gasteiger partial charge in [0.2, 0.25) is 10.0 Å². The fourth-order valence-corrected chi connectivity index (χ4v) is 6.96. The minimum atomic E-state index is -3.67. The van der Waals surface area contributed by atoms with Crippen LogP contribution in [0.25, 0.3) is 0 Å². The number of piperazine rings is 1. The first-order chi connectivity index (χ1) is 15.4. The van der Waals surface area contributed by atoms with E-state index in [2.05, 4.69) is 5.32 Å². The standard InChI is InChI=1S/C22H28N4O4S2/c1-17-6-5-7-18(16-17)23-22(28)25-13-11-24(12-14-25)21(27)20-19(8-15-31-20)32(29,30)26-9-3-2-4-10-26/h5-8,15-16H,2-4,9-14H2,1H3,(H,23,28). The monoisotopic (exact) mass is 476 g/mol. The number of sulfonamides is 1. The van der Waals surface area contributed by atoms with Gasteiger partial charge in [-0.2, -0.15) is 4.31 Å². The zero-order chi connectivity index (χ0) is 22.7. The maximum absolute atomic E-state index is 13.2. The largest absolute Gasteiger partial charge is 0.334 e. The van der Waals surface area contributed by atoms with Gasteiger partial charge in [-0.1, -0.05) is 18.6 Å². The molecule has 2 aromatic rings. The highest BCUT2D eigenvalue weighted by Crippen LogP contribution is 2.28. The molecule has 3 amide bonds. The molecule has 2 fully saturated rings. The van der Waals surface area contributed by atoms with Crippen molar-refractivity contribution in [2.75, 3.05) is 44.6 Å². The lowest BCUT2D eigenvalue weighted by Crippen LogP contribution is -2.51. The number of nitrogens with one attached hydrogen (secondary N) is 1. The summed E-state index contributed by atoms with van der Waals surface area (Å²) >= 11 is 1.16. The predicted molar refractivity (Wildman–Crippen MR) is 125 cm³/mol. The number of hydrogen-bond donors (Lipinski definition) is 1. The van der Waals surface area contributed by atoms with Crippen molar-refractivity contribution in [2.24, 2.45) is 0 Å². The molecule has 0 radical (unpaired) electrons. The molecule has 2 aliphatic rings. The Labute approximate surface area is 192 Å².